The van der Waals surface area contributed by atoms with Gasteiger partial charge in [0.15, 0.2) is 5.82 Å². The van der Waals surface area contributed by atoms with Crippen molar-refractivity contribution in [2.45, 2.75) is 0 Å². The fourth-order valence-corrected chi connectivity index (χ4v) is 0.742. The second-order valence-electron chi connectivity index (χ2n) is 1.94. The summed E-state index contributed by atoms with van der Waals surface area (Å²) in [6, 6.07) is 1.23. The first-order chi connectivity index (χ1) is 4.63. The molecule has 0 radical (unpaired) electrons. The third-order valence-corrected chi connectivity index (χ3v) is 1.17. The van der Waals surface area contributed by atoms with Gasteiger partial charge in [-0.2, -0.15) is 0 Å². The zero-order valence-corrected chi connectivity index (χ0v) is 5.34. The summed E-state index contributed by atoms with van der Waals surface area (Å²) in [6.07, 6.45) is 1.38. The van der Waals surface area contributed by atoms with Crippen molar-refractivity contribution < 1.29 is 4.39 Å². The van der Waals surface area contributed by atoms with E-state index in [1.807, 2.05) is 0 Å². The molecule has 0 aliphatic heterocycles. The Morgan fingerprint density at radius 1 is 1.70 bits per heavy atom. The first-order valence-corrected chi connectivity index (χ1v) is 2.69. The van der Waals surface area contributed by atoms with E-state index in [1.165, 1.54) is 12.3 Å². The molecule has 0 unspecified atom stereocenters. The maximum atomic E-state index is 12.6. The SMILES string of the molecule is C=C(N)c1c(F)ccn1N. The maximum Gasteiger partial charge on any atom is 0.152 e. The molecule has 0 bridgehead atoms. The summed E-state index contributed by atoms with van der Waals surface area (Å²) in [5, 5.41) is 0. The Hall–Kier alpha value is -1.45. The van der Waals surface area contributed by atoms with E-state index in [1.54, 1.807) is 0 Å². The summed E-state index contributed by atoms with van der Waals surface area (Å²) in [5.74, 6) is 4.83. The minimum Gasteiger partial charge on any atom is -0.397 e. The predicted octanol–water partition coefficient (Wildman–Crippen LogP) is 0.270. The van der Waals surface area contributed by atoms with Gasteiger partial charge in [-0.05, 0) is 6.07 Å². The first-order valence-electron chi connectivity index (χ1n) is 2.69. The Labute approximate surface area is 57.7 Å². The van der Waals surface area contributed by atoms with Crippen LogP contribution >= 0.6 is 0 Å². The van der Waals surface area contributed by atoms with Gasteiger partial charge in [-0.1, -0.05) is 6.58 Å². The normalized spacial score (nSPS) is 9.70. The van der Waals surface area contributed by atoms with Crippen LogP contribution in [-0.2, 0) is 0 Å². The molecule has 1 aromatic rings. The van der Waals surface area contributed by atoms with E-state index in [2.05, 4.69) is 6.58 Å². The maximum absolute atomic E-state index is 12.6. The molecule has 0 saturated heterocycles. The van der Waals surface area contributed by atoms with Gasteiger partial charge in [0.05, 0.1) is 5.70 Å². The Morgan fingerprint density at radius 3 is 2.50 bits per heavy atom. The molecule has 1 aromatic heterocycles. The highest BCUT2D eigenvalue weighted by Gasteiger charge is 2.06. The number of nitrogens with two attached hydrogens (primary N) is 2. The van der Waals surface area contributed by atoms with Gasteiger partial charge in [0, 0.05) is 6.20 Å². The van der Waals surface area contributed by atoms with Gasteiger partial charge < -0.3 is 11.6 Å². The van der Waals surface area contributed by atoms with Crippen molar-refractivity contribution in [3.8, 4) is 0 Å². The highest BCUT2D eigenvalue weighted by atomic mass is 19.1. The van der Waals surface area contributed by atoms with Gasteiger partial charge in [-0.3, -0.25) is 4.68 Å². The zero-order chi connectivity index (χ0) is 7.72. The Morgan fingerprint density at radius 2 is 2.30 bits per heavy atom. The molecule has 0 aromatic carbocycles. The van der Waals surface area contributed by atoms with E-state index in [0.717, 1.165) is 4.68 Å². The molecular formula is C6H8FN3. The quantitative estimate of drug-likeness (QED) is 0.551. The van der Waals surface area contributed by atoms with E-state index >= 15 is 0 Å². The Kier molecular flexibility index (Phi) is 1.37. The van der Waals surface area contributed by atoms with Crippen LogP contribution in [-0.4, -0.2) is 4.68 Å². The minimum absolute atomic E-state index is 0.130. The molecule has 4 N–H and O–H groups in total. The number of halogens is 1. The van der Waals surface area contributed by atoms with Crippen molar-refractivity contribution in [1.29, 1.82) is 0 Å². The van der Waals surface area contributed by atoms with E-state index in [9.17, 15) is 4.39 Å². The highest BCUT2D eigenvalue weighted by molar-refractivity contribution is 5.57. The topological polar surface area (TPSA) is 57.0 Å². The summed E-state index contributed by atoms with van der Waals surface area (Å²) in [7, 11) is 0. The van der Waals surface area contributed by atoms with Crippen LogP contribution < -0.4 is 11.6 Å². The van der Waals surface area contributed by atoms with Crippen molar-refractivity contribution >= 4 is 5.70 Å². The van der Waals surface area contributed by atoms with Gasteiger partial charge in [0.2, 0.25) is 0 Å². The van der Waals surface area contributed by atoms with Gasteiger partial charge in [-0.25, -0.2) is 4.39 Å². The molecule has 0 atom stereocenters. The summed E-state index contributed by atoms with van der Waals surface area (Å²) < 4.78 is 13.7. The fourth-order valence-electron chi connectivity index (χ4n) is 0.742. The number of nitrogens with zero attached hydrogens (tertiary/aromatic N) is 1. The molecule has 0 aliphatic rings. The summed E-state index contributed by atoms with van der Waals surface area (Å²) >= 11 is 0. The lowest BCUT2D eigenvalue weighted by Crippen LogP contribution is -2.13. The minimum atomic E-state index is -0.449. The van der Waals surface area contributed by atoms with E-state index in [-0.39, 0.29) is 11.4 Å². The van der Waals surface area contributed by atoms with Crippen molar-refractivity contribution in [2.24, 2.45) is 5.73 Å². The molecule has 1 heterocycles. The number of nitrogen functional groups attached to an aromatic ring is 1. The molecule has 0 amide bonds. The van der Waals surface area contributed by atoms with Gasteiger partial charge in [0.1, 0.15) is 5.69 Å². The highest BCUT2D eigenvalue weighted by Crippen LogP contribution is 2.10. The average Bonchev–Trinajstić information content (AvgIpc) is 2.11. The number of hydrogen-bond donors (Lipinski definition) is 2. The van der Waals surface area contributed by atoms with E-state index in [4.69, 9.17) is 11.6 Å². The van der Waals surface area contributed by atoms with E-state index in [0.29, 0.717) is 0 Å². The van der Waals surface area contributed by atoms with Crippen molar-refractivity contribution in [1.82, 2.24) is 4.68 Å². The standard InChI is InChI=1S/C6H8FN3/c1-4(8)6-5(7)2-3-10(6)9/h2-3H,1,8-9H2. The lowest BCUT2D eigenvalue weighted by Gasteiger charge is -2.00. The summed E-state index contributed by atoms with van der Waals surface area (Å²) in [6.45, 7) is 3.36. The molecular weight excluding hydrogens is 133 g/mol. The molecule has 1 rings (SSSR count). The van der Waals surface area contributed by atoms with Crippen molar-refractivity contribution in [3.63, 3.8) is 0 Å². The van der Waals surface area contributed by atoms with Gasteiger partial charge in [-0.15, -0.1) is 0 Å². The van der Waals surface area contributed by atoms with Crippen molar-refractivity contribution in [2.75, 3.05) is 5.84 Å². The van der Waals surface area contributed by atoms with Crippen LogP contribution in [0.15, 0.2) is 18.8 Å². The van der Waals surface area contributed by atoms with Crippen LogP contribution in [0.2, 0.25) is 0 Å². The second-order valence-corrected chi connectivity index (χ2v) is 1.94. The molecule has 3 nitrogen and oxygen atoms in total. The number of hydrogen-bond acceptors (Lipinski definition) is 2. The van der Waals surface area contributed by atoms with Crippen molar-refractivity contribution in [3.05, 3.63) is 30.4 Å². The average molecular weight is 141 g/mol. The zero-order valence-electron chi connectivity index (χ0n) is 5.34. The fraction of sp³-hybridized carbons (Fsp3) is 0. The molecule has 10 heavy (non-hydrogen) atoms. The van der Waals surface area contributed by atoms with Crippen LogP contribution in [0.4, 0.5) is 4.39 Å². The largest absolute Gasteiger partial charge is 0.397 e. The molecule has 0 spiro atoms. The Bertz CT molecular complexity index is 244. The molecule has 4 heteroatoms. The van der Waals surface area contributed by atoms with Crippen LogP contribution in [0.1, 0.15) is 5.69 Å². The smallest absolute Gasteiger partial charge is 0.152 e. The number of rotatable bonds is 1. The lowest BCUT2D eigenvalue weighted by molar-refractivity contribution is 0.621. The van der Waals surface area contributed by atoms with Crippen LogP contribution in [0.25, 0.3) is 5.70 Å². The Balaban J connectivity index is 3.23. The molecule has 0 saturated carbocycles. The van der Waals surface area contributed by atoms with E-state index < -0.39 is 5.82 Å². The predicted molar refractivity (Wildman–Crippen MR) is 37.8 cm³/mol. The van der Waals surface area contributed by atoms with Crippen LogP contribution in [0.5, 0.6) is 0 Å². The first kappa shape index (κ1) is 6.67. The molecule has 0 fully saturated rings. The van der Waals surface area contributed by atoms with Gasteiger partial charge >= 0.3 is 0 Å². The van der Waals surface area contributed by atoms with Crippen LogP contribution in [0.3, 0.4) is 0 Å². The molecule has 0 aliphatic carbocycles. The molecule has 54 valence electrons. The summed E-state index contributed by atoms with van der Waals surface area (Å²) in [4.78, 5) is 0. The third-order valence-electron chi connectivity index (χ3n) is 1.17. The lowest BCUT2D eigenvalue weighted by atomic mass is 10.3. The van der Waals surface area contributed by atoms with Crippen LogP contribution in [0, 0.1) is 5.82 Å². The third kappa shape index (κ3) is 0.834. The second kappa shape index (κ2) is 2.06. The van der Waals surface area contributed by atoms with Gasteiger partial charge in [0.25, 0.3) is 0 Å². The number of aromatic nitrogens is 1. The monoisotopic (exact) mass is 141 g/mol. The summed E-state index contributed by atoms with van der Waals surface area (Å²) in [5.41, 5.74) is 5.49.